The summed E-state index contributed by atoms with van der Waals surface area (Å²) in [4.78, 5) is 17.2. The largest absolute Gasteiger partial charge is 0.416 e. The van der Waals surface area contributed by atoms with E-state index in [-0.39, 0.29) is 23.4 Å². The van der Waals surface area contributed by atoms with Crippen molar-refractivity contribution in [3.05, 3.63) is 29.3 Å². The van der Waals surface area contributed by atoms with Gasteiger partial charge in [-0.3, -0.25) is 4.79 Å². The lowest BCUT2D eigenvalue weighted by atomic mass is 10.1. The number of nitrogens with zero attached hydrogens (tertiary/aromatic N) is 2. The van der Waals surface area contributed by atoms with Crippen LogP contribution < -0.4 is 4.90 Å². The van der Waals surface area contributed by atoms with Crippen LogP contribution in [0.5, 0.6) is 0 Å². The van der Waals surface area contributed by atoms with Crippen molar-refractivity contribution in [2.75, 3.05) is 16.4 Å². The Hall–Kier alpha value is -1.76. The first-order chi connectivity index (χ1) is 14.7. The molecule has 0 bridgehead atoms. The molecule has 1 amide bonds. The predicted molar refractivity (Wildman–Crippen MR) is 109 cm³/mol. The van der Waals surface area contributed by atoms with Crippen LogP contribution in [0.3, 0.4) is 0 Å². The average molecular weight is 503 g/mol. The van der Waals surface area contributed by atoms with E-state index in [1.54, 1.807) is 0 Å². The van der Waals surface area contributed by atoms with Crippen molar-refractivity contribution in [2.45, 2.75) is 56.3 Å². The third kappa shape index (κ3) is 5.59. The summed E-state index contributed by atoms with van der Waals surface area (Å²) in [6.45, 7) is 1.93. The van der Waals surface area contributed by atoms with Crippen molar-refractivity contribution in [2.24, 2.45) is 4.99 Å². The SMILES string of the molecule is CCCCCC(=O)N=C1S[C@H]2CS(=O)(=O)C[C@H]2N1c1cc(C(F)(F)F)cc(C(F)(F)F)c1. The van der Waals surface area contributed by atoms with Crippen molar-refractivity contribution < 1.29 is 39.6 Å². The number of fused-ring (bicyclic) bond motifs is 1. The Morgan fingerprint density at radius 3 is 2.19 bits per heavy atom. The number of hydrogen-bond acceptors (Lipinski definition) is 4. The fourth-order valence-electron chi connectivity index (χ4n) is 3.63. The van der Waals surface area contributed by atoms with E-state index in [1.807, 2.05) is 6.92 Å². The van der Waals surface area contributed by atoms with Crippen LogP contribution in [0.25, 0.3) is 0 Å². The Morgan fingerprint density at radius 1 is 1.06 bits per heavy atom. The Bertz CT molecular complexity index is 989. The van der Waals surface area contributed by atoms with E-state index in [2.05, 4.69) is 4.99 Å². The van der Waals surface area contributed by atoms with Gasteiger partial charge < -0.3 is 4.90 Å². The van der Waals surface area contributed by atoms with Gasteiger partial charge in [-0.1, -0.05) is 31.5 Å². The van der Waals surface area contributed by atoms with Crippen LogP contribution in [0, 0.1) is 0 Å². The minimum Gasteiger partial charge on any atom is -0.316 e. The second kappa shape index (κ2) is 8.88. The summed E-state index contributed by atoms with van der Waals surface area (Å²) in [6.07, 6.45) is -7.89. The normalized spacial score (nSPS) is 24.2. The van der Waals surface area contributed by atoms with Gasteiger partial charge in [0.15, 0.2) is 15.0 Å². The number of amides is 1. The Kier molecular flexibility index (Phi) is 6.90. The predicted octanol–water partition coefficient (Wildman–Crippen LogP) is 4.91. The zero-order valence-electron chi connectivity index (χ0n) is 16.8. The van der Waals surface area contributed by atoms with Crippen molar-refractivity contribution in [3.8, 4) is 0 Å². The number of hydrogen-bond donors (Lipinski definition) is 0. The molecular formula is C19H20F6N2O3S2. The molecule has 178 valence electrons. The number of aliphatic imine (C=N–C) groups is 1. The number of carbonyl (C=O) groups is 1. The van der Waals surface area contributed by atoms with E-state index >= 15 is 0 Å². The highest BCUT2D eigenvalue weighted by molar-refractivity contribution is 8.16. The van der Waals surface area contributed by atoms with Gasteiger partial charge in [0.2, 0.25) is 5.91 Å². The van der Waals surface area contributed by atoms with Crippen LogP contribution in [0.2, 0.25) is 0 Å². The van der Waals surface area contributed by atoms with Crippen molar-refractivity contribution >= 4 is 38.4 Å². The fourth-order valence-corrected chi connectivity index (χ4v) is 7.56. The molecule has 1 aromatic rings. The highest BCUT2D eigenvalue weighted by atomic mass is 32.2. The summed E-state index contributed by atoms with van der Waals surface area (Å²) in [5, 5.41) is -0.727. The summed E-state index contributed by atoms with van der Waals surface area (Å²) in [6, 6.07) is 0.139. The molecule has 0 N–H and O–H groups in total. The molecule has 0 spiro atoms. The third-order valence-electron chi connectivity index (χ3n) is 5.13. The number of rotatable bonds is 5. The molecule has 0 aromatic heterocycles. The highest BCUT2D eigenvalue weighted by Crippen LogP contribution is 2.44. The molecule has 2 saturated heterocycles. The number of halogens is 6. The average Bonchev–Trinajstić information content (AvgIpc) is 3.10. The van der Waals surface area contributed by atoms with E-state index < -0.39 is 62.0 Å². The monoisotopic (exact) mass is 502 g/mol. The molecule has 2 aliphatic heterocycles. The first-order valence-electron chi connectivity index (χ1n) is 9.78. The van der Waals surface area contributed by atoms with Crippen LogP contribution in [-0.2, 0) is 27.0 Å². The standard InChI is InChI=1S/C19H20F6N2O3S2/c1-2-3-4-5-16(28)26-17-27(14-9-32(29,30)10-15(14)31-17)13-7-11(18(20,21)22)6-12(8-13)19(23,24)25/h6-8,14-15H,2-5,9-10H2,1H3/t14-,15+/m1/s1. The van der Waals surface area contributed by atoms with Gasteiger partial charge in [0.1, 0.15) is 0 Å². The smallest absolute Gasteiger partial charge is 0.316 e. The van der Waals surface area contributed by atoms with Gasteiger partial charge in [0.25, 0.3) is 0 Å². The fraction of sp³-hybridized carbons (Fsp3) is 0.579. The van der Waals surface area contributed by atoms with E-state index in [0.717, 1.165) is 29.5 Å². The summed E-state index contributed by atoms with van der Waals surface area (Å²) >= 11 is 0.894. The van der Waals surface area contributed by atoms with Crippen LogP contribution in [-0.4, -0.2) is 42.3 Å². The van der Waals surface area contributed by atoms with Crippen LogP contribution in [0.15, 0.2) is 23.2 Å². The van der Waals surface area contributed by atoms with Gasteiger partial charge in [0, 0.05) is 17.4 Å². The molecule has 2 fully saturated rings. The van der Waals surface area contributed by atoms with Gasteiger partial charge >= 0.3 is 12.4 Å². The van der Waals surface area contributed by atoms with E-state index in [1.165, 1.54) is 0 Å². The van der Waals surface area contributed by atoms with Gasteiger partial charge in [-0.15, -0.1) is 0 Å². The first-order valence-corrected chi connectivity index (χ1v) is 12.5. The summed E-state index contributed by atoms with van der Waals surface area (Å²) in [5.74, 6) is -1.31. The first kappa shape index (κ1) is 24.9. The molecule has 0 aliphatic carbocycles. The summed E-state index contributed by atoms with van der Waals surface area (Å²) in [5.41, 5.74) is -3.54. The van der Waals surface area contributed by atoms with Crippen molar-refractivity contribution in [3.63, 3.8) is 0 Å². The molecule has 1 aromatic carbocycles. The zero-order chi connectivity index (χ0) is 23.9. The van der Waals surface area contributed by atoms with Crippen molar-refractivity contribution in [1.82, 2.24) is 0 Å². The number of alkyl halides is 6. The lowest BCUT2D eigenvalue weighted by Gasteiger charge is -2.26. The quantitative estimate of drug-likeness (QED) is 0.423. The molecular weight excluding hydrogens is 482 g/mol. The van der Waals surface area contributed by atoms with Crippen LogP contribution in [0.1, 0.15) is 43.7 Å². The highest BCUT2D eigenvalue weighted by Gasteiger charge is 2.50. The molecule has 2 heterocycles. The van der Waals surface area contributed by atoms with E-state index in [4.69, 9.17) is 0 Å². The molecule has 5 nitrogen and oxygen atoms in total. The molecule has 32 heavy (non-hydrogen) atoms. The number of sulfone groups is 1. The second-order valence-corrected chi connectivity index (χ2v) is 11.0. The lowest BCUT2D eigenvalue weighted by Crippen LogP contribution is -2.38. The minimum atomic E-state index is -5.06. The minimum absolute atomic E-state index is 0.00229. The molecule has 0 radical (unpaired) electrons. The second-order valence-electron chi connectivity index (χ2n) is 7.68. The Balaban J connectivity index is 2.08. The number of unbranched alkanes of at least 4 members (excludes halogenated alkanes) is 2. The topological polar surface area (TPSA) is 66.8 Å². The Morgan fingerprint density at radius 2 is 1.66 bits per heavy atom. The van der Waals surface area contributed by atoms with Gasteiger partial charge in [-0.25, -0.2) is 8.42 Å². The molecule has 3 rings (SSSR count). The van der Waals surface area contributed by atoms with Gasteiger partial charge in [0.05, 0.1) is 28.7 Å². The third-order valence-corrected chi connectivity index (χ3v) is 8.34. The number of benzene rings is 1. The summed E-state index contributed by atoms with van der Waals surface area (Å²) in [7, 11) is -3.54. The molecule has 13 heteroatoms. The van der Waals surface area contributed by atoms with Gasteiger partial charge in [-0.2, -0.15) is 31.3 Å². The maximum atomic E-state index is 13.3. The number of carbonyl (C=O) groups excluding carboxylic acids is 1. The maximum Gasteiger partial charge on any atom is 0.416 e. The maximum absolute atomic E-state index is 13.3. The zero-order valence-corrected chi connectivity index (χ0v) is 18.5. The molecule has 0 unspecified atom stereocenters. The van der Waals surface area contributed by atoms with E-state index in [0.29, 0.717) is 18.6 Å². The van der Waals surface area contributed by atoms with Crippen LogP contribution in [0.4, 0.5) is 32.0 Å². The number of amidine groups is 1. The molecule has 2 aliphatic rings. The van der Waals surface area contributed by atoms with Gasteiger partial charge in [-0.05, 0) is 24.6 Å². The summed E-state index contributed by atoms with van der Waals surface area (Å²) < 4.78 is 104. The number of thioether (sulfide) groups is 1. The van der Waals surface area contributed by atoms with E-state index in [9.17, 15) is 39.6 Å². The Labute approximate surface area is 185 Å². The molecule has 0 saturated carbocycles. The van der Waals surface area contributed by atoms with Crippen LogP contribution >= 0.6 is 11.8 Å². The lowest BCUT2D eigenvalue weighted by molar-refractivity contribution is -0.143. The van der Waals surface area contributed by atoms with Crippen molar-refractivity contribution in [1.29, 1.82) is 0 Å². The molecule has 2 atom stereocenters. The number of anilines is 1.